The van der Waals surface area contributed by atoms with Crippen LogP contribution in [0.4, 0.5) is 0 Å². The van der Waals surface area contributed by atoms with Gasteiger partial charge in [-0.05, 0) is 0 Å². The number of benzene rings is 1. The Kier molecular flexibility index (Phi) is 4.21. The minimum atomic E-state index is 0.374. The van der Waals surface area contributed by atoms with E-state index in [0.717, 1.165) is 29.8 Å². The highest BCUT2D eigenvalue weighted by Crippen LogP contribution is 2.12. The molecule has 2 nitrogen and oxygen atoms in total. The van der Waals surface area contributed by atoms with Crippen LogP contribution in [0.5, 0.6) is 0 Å². The monoisotopic (exact) mass is 330 g/mol. The Morgan fingerprint density at radius 2 is 2.12 bits per heavy atom. The van der Waals surface area contributed by atoms with Gasteiger partial charge in [-0.15, -0.1) is 0 Å². The molecule has 0 radical (unpaired) electrons. The predicted octanol–water partition coefficient (Wildman–Crippen LogP) is 2.84. The molecule has 16 heavy (non-hydrogen) atoms. The van der Waals surface area contributed by atoms with Gasteiger partial charge in [0.25, 0.3) is 0 Å². The van der Waals surface area contributed by atoms with Crippen molar-refractivity contribution in [1.29, 1.82) is 0 Å². The maximum absolute atomic E-state index is 5.88. The number of hydrogen-bond acceptors (Lipinski definition) is 1. The van der Waals surface area contributed by atoms with Gasteiger partial charge in [0.05, 0.1) is 6.42 Å². The van der Waals surface area contributed by atoms with Crippen molar-refractivity contribution in [3.63, 3.8) is 0 Å². The van der Waals surface area contributed by atoms with E-state index < -0.39 is 0 Å². The molecule has 1 aromatic rings. The first-order valence-electron chi connectivity index (χ1n) is 5.70. The van der Waals surface area contributed by atoms with Crippen LogP contribution in [-0.2, 0) is 11.3 Å². The third-order valence-electron chi connectivity index (χ3n) is 2.77. The van der Waals surface area contributed by atoms with Crippen molar-refractivity contribution in [2.45, 2.75) is 26.0 Å². The van der Waals surface area contributed by atoms with E-state index in [1.54, 1.807) is 0 Å². The summed E-state index contributed by atoms with van der Waals surface area (Å²) < 4.78 is 9.30. The van der Waals surface area contributed by atoms with Crippen molar-refractivity contribution in [2.75, 3.05) is 11.0 Å². The van der Waals surface area contributed by atoms with Crippen LogP contribution in [0.3, 0.4) is 0 Å². The molecule has 0 saturated heterocycles. The van der Waals surface area contributed by atoms with Gasteiger partial charge in [-0.3, -0.25) is 0 Å². The van der Waals surface area contributed by atoms with Crippen LogP contribution in [0, 0.1) is 0 Å². The van der Waals surface area contributed by atoms with Crippen LogP contribution in [0.2, 0.25) is 0 Å². The van der Waals surface area contributed by atoms with Gasteiger partial charge in [0.1, 0.15) is 0 Å². The highest BCUT2D eigenvalue weighted by atomic mass is 127. The molecule has 1 unspecified atom stereocenters. The topological polar surface area (TPSA) is 12.2 Å². The molecule has 0 bridgehead atoms. The van der Waals surface area contributed by atoms with Gasteiger partial charge in [0.2, 0.25) is 0 Å². The Morgan fingerprint density at radius 1 is 1.38 bits per heavy atom. The van der Waals surface area contributed by atoms with Gasteiger partial charge in [0.15, 0.2) is 19.2 Å². The molecule has 2 rings (SSSR count). The number of rotatable bonds is 4. The van der Waals surface area contributed by atoms with E-state index >= 15 is 0 Å². The molecule has 0 fully saturated rings. The summed E-state index contributed by atoms with van der Waals surface area (Å²) in [7, 11) is 0. The van der Waals surface area contributed by atoms with Gasteiger partial charge in [0, 0.05) is 9.99 Å². The summed E-state index contributed by atoms with van der Waals surface area (Å²) in [5.41, 5.74) is 1.35. The van der Waals surface area contributed by atoms with Crippen LogP contribution >= 0.6 is 22.6 Å². The summed E-state index contributed by atoms with van der Waals surface area (Å²) in [5.74, 6) is 1.14. The number of ether oxygens (including phenoxy) is 1. The zero-order valence-corrected chi connectivity index (χ0v) is 11.7. The lowest BCUT2D eigenvalue weighted by Crippen LogP contribution is -2.18. The first-order chi connectivity index (χ1) is 7.83. The maximum atomic E-state index is 5.88. The van der Waals surface area contributed by atoms with Gasteiger partial charge in [-0.25, -0.2) is 0 Å². The second kappa shape index (κ2) is 5.66. The van der Waals surface area contributed by atoms with Crippen molar-refractivity contribution < 1.29 is 9.31 Å². The van der Waals surface area contributed by atoms with Crippen molar-refractivity contribution in [2.24, 2.45) is 0 Å². The van der Waals surface area contributed by atoms with E-state index in [0.29, 0.717) is 6.10 Å². The summed E-state index contributed by atoms with van der Waals surface area (Å²) >= 11 is 2.39. The van der Waals surface area contributed by atoms with Crippen molar-refractivity contribution >= 4 is 28.5 Å². The quantitative estimate of drug-likeness (QED) is 0.470. The fourth-order valence-corrected chi connectivity index (χ4v) is 2.45. The molecule has 1 aromatic carbocycles. The van der Waals surface area contributed by atoms with Crippen LogP contribution < -0.4 is 0 Å². The summed E-state index contributed by atoms with van der Waals surface area (Å²) in [6, 6.07) is 10.6. The third kappa shape index (κ3) is 2.75. The fourth-order valence-electron chi connectivity index (χ4n) is 2.00. The maximum Gasteiger partial charge on any atom is 0.336 e. The zero-order valence-electron chi connectivity index (χ0n) is 9.53. The third-order valence-corrected chi connectivity index (χ3v) is 3.75. The second-order valence-electron chi connectivity index (χ2n) is 4.01. The highest BCUT2D eigenvalue weighted by molar-refractivity contribution is 14.1. The summed E-state index contributed by atoms with van der Waals surface area (Å²) in [6.07, 6.45) is 1.36. The molecule has 1 aliphatic rings. The molecule has 0 amide bonds. The predicted molar refractivity (Wildman–Crippen MR) is 74.3 cm³/mol. The molecular formula is C13H17INO+. The molecule has 0 spiro atoms. The zero-order chi connectivity index (χ0) is 11.4. The molecule has 0 N–H and O–H groups in total. The molecular weight excluding hydrogens is 313 g/mol. The Balaban J connectivity index is 2.09. The lowest BCUT2D eigenvalue weighted by Gasteiger charge is -1.99. The van der Waals surface area contributed by atoms with Gasteiger partial charge >= 0.3 is 5.90 Å². The molecule has 0 aliphatic carbocycles. The largest absolute Gasteiger partial charge is 0.437 e. The number of alkyl halides is 1. The molecule has 0 aromatic heterocycles. The number of halogens is 1. The Bertz CT molecular complexity index is 375. The van der Waals surface area contributed by atoms with Crippen molar-refractivity contribution in [3.8, 4) is 0 Å². The van der Waals surface area contributed by atoms with Gasteiger partial charge in [-0.2, -0.15) is 4.58 Å². The van der Waals surface area contributed by atoms with Crippen molar-refractivity contribution in [3.05, 3.63) is 35.9 Å². The molecule has 1 aliphatic heterocycles. The van der Waals surface area contributed by atoms with Crippen LogP contribution in [0.25, 0.3) is 0 Å². The Labute approximate surface area is 110 Å². The van der Waals surface area contributed by atoms with E-state index in [4.69, 9.17) is 4.74 Å². The summed E-state index contributed by atoms with van der Waals surface area (Å²) in [4.78, 5) is 0. The summed E-state index contributed by atoms with van der Waals surface area (Å²) in [5, 5.41) is 0. The van der Waals surface area contributed by atoms with Crippen LogP contribution in [0.15, 0.2) is 30.3 Å². The van der Waals surface area contributed by atoms with E-state index in [1.165, 1.54) is 5.56 Å². The first-order valence-corrected chi connectivity index (χ1v) is 7.23. The Morgan fingerprint density at radius 3 is 2.75 bits per heavy atom. The molecule has 86 valence electrons. The first kappa shape index (κ1) is 11.9. The van der Waals surface area contributed by atoms with E-state index in [2.05, 4.69) is 64.4 Å². The van der Waals surface area contributed by atoms with E-state index in [-0.39, 0.29) is 0 Å². The average Bonchev–Trinajstić information content (AvgIpc) is 2.73. The lowest BCUT2D eigenvalue weighted by atomic mass is 10.2. The van der Waals surface area contributed by atoms with Gasteiger partial charge < -0.3 is 4.74 Å². The van der Waals surface area contributed by atoms with Crippen LogP contribution in [0.1, 0.15) is 18.9 Å². The standard InChI is InChI=1S/C13H17INO/c1-2-13-15(10-12(8-14)16-13)9-11-6-4-3-5-7-11/h3-7,12H,2,8-10H2,1H3/q+1. The summed E-state index contributed by atoms with van der Waals surface area (Å²) in [6.45, 7) is 4.15. The highest BCUT2D eigenvalue weighted by Gasteiger charge is 2.30. The van der Waals surface area contributed by atoms with E-state index in [9.17, 15) is 0 Å². The number of nitrogens with zero attached hydrogens (tertiary/aromatic N) is 1. The fraction of sp³-hybridized carbons (Fsp3) is 0.462. The smallest absolute Gasteiger partial charge is 0.336 e. The number of hydrogen-bond donors (Lipinski definition) is 0. The Hall–Kier alpha value is -0.580. The molecule has 3 heteroatoms. The minimum absolute atomic E-state index is 0.374. The van der Waals surface area contributed by atoms with E-state index in [1.807, 2.05) is 0 Å². The van der Waals surface area contributed by atoms with Crippen molar-refractivity contribution in [1.82, 2.24) is 0 Å². The molecule has 1 atom stereocenters. The normalized spacial score (nSPS) is 20.0. The molecule has 1 heterocycles. The van der Waals surface area contributed by atoms with Gasteiger partial charge in [-0.1, -0.05) is 59.8 Å². The molecule has 0 saturated carbocycles. The second-order valence-corrected chi connectivity index (χ2v) is 4.89. The SMILES string of the molecule is CCC1=[N+](Cc2ccccc2)CC(CI)O1. The lowest BCUT2D eigenvalue weighted by molar-refractivity contribution is -0.538. The van der Waals surface area contributed by atoms with Crippen LogP contribution in [-0.4, -0.2) is 27.5 Å². The average molecular weight is 330 g/mol. The minimum Gasteiger partial charge on any atom is -0.437 e.